The van der Waals surface area contributed by atoms with Gasteiger partial charge in [0.25, 0.3) is 0 Å². The SMILES string of the molecule is CCOC(=O)c1cn(N(CCOC)C(=O)OC(C)(C)C)c2ncc(Br)cc2c1=O. The van der Waals surface area contributed by atoms with Crippen LogP contribution in [-0.4, -0.2) is 54.2 Å². The summed E-state index contributed by atoms with van der Waals surface area (Å²) in [4.78, 5) is 42.3. The lowest BCUT2D eigenvalue weighted by molar-refractivity contribution is 0.0503. The lowest BCUT2D eigenvalue weighted by atomic mass is 10.2. The average molecular weight is 470 g/mol. The van der Waals surface area contributed by atoms with Gasteiger partial charge in [-0.3, -0.25) is 4.79 Å². The van der Waals surface area contributed by atoms with Crippen molar-refractivity contribution in [2.24, 2.45) is 0 Å². The van der Waals surface area contributed by atoms with Crippen molar-refractivity contribution >= 4 is 39.0 Å². The van der Waals surface area contributed by atoms with Gasteiger partial charge in [0.05, 0.1) is 25.1 Å². The van der Waals surface area contributed by atoms with Gasteiger partial charge >= 0.3 is 12.1 Å². The van der Waals surface area contributed by atoms with E-state index in [-0.39, 0.29) is 36.4 Å². The Morgan fingerprint density at radius 1 is 1.31 bits per heavy atom. The lowest BCUT2D eigenvalue weighted by Gasteiger charge is -2.29. The molecule has 9 nitrogen and oxygen atoms in total. The van der Waals surface area contributed by atoms with Crippen LogP contribution in [0.4, 0.5) is 4.79 Å². The summed E-state index contributed by atoms with van der Waals surface area (Å²) in [6, 6.07) is 1.54. The fourth-order valence-electron chi connectivity index (χ4n) is 2.49. The summed E-state index contributed by atoms with van der Waals surface area (Å²) in [6.45, 7) is 7.25. The smallest absolute Gasteiger partial charge is 0.429 e. The molecule has 2 aromatic heterocycles. The lowest BCUT2D eigenvalue weighted by Crippen LogP contribution is -2.46. The van der Waals surface area contributed by atoms with Crippen molar-refractivity contribution in [3.05, 3.63) is 38.7 Å². The second-order valence-electron chi connectivity index (χ2n) is 7.06. The standard InChI is InChI=1S/C19H24BrN3O6/c1-6-28-17(25)14-11-23(16-13(15(14)24)9-12(20)10-21-16)22(7-8-27-5)18(26)29-19(2,3)4/h9-11H,6-8H2,1-5H3. The molecule has 0 saturated heterocycles. The van der Waals surface area contributed by atoms with Crippen LogP contribution in [0.3, 0.4) is 0 Å². The van der Waals surface area contributed by atoms with E-state index in [1.54, 1.807) is 27.7 Å². The molecular formula is C19H24BrN3O6. The van der Waals surface area contributed by atoms with E-state index in [4.69, 9.17) is 14.2 Å². The summed E-state index contributed by atoms with van der Waals surface area (Å²) >= 11 is 3.28. The maximum absolute atomic E-state index is 12.9. The van der Waals surface area contributed by atoms with Gasteiger partial charge in [-0.1, -0.05) is 0 Å². The Morgan fingerprint density at radius 2 is 2.00 bits per heavy atom. The maximum atomic E-state index is 12.9. The van der Waals surface area contributed by atoms with E-state index in [1.165, 1.54) is 35.3 Å². The van der Waals surface area contributed by atoms with Gasteiger partial charge in [-0.05, 0) is 49.7 Å². The van der Waals surface area contributed by atoms with Gasteiger partial charge < -0.3 is 14.2 Å². The Morgan fingerprint density at radius 3 is 2.59 bits per heavy atom. The van der Waals surface area contributed by atoms with Crippen molar-refractivity contribution in [2.45, 2.75) is 33.3 Å². The number of pyridine rings is 2. The largest absolute Gasteiger partial charge is 0.462 e. The van der Waals surface area contributed by atoms with Crippen LogP contribution < -0.4 is 10.4 Å². The van der Waals surface area contributed by atoms with Gasteiger partial charge in [0.1, 0.15) is 11.2 Å². The summed E-state index contributed by atoms with van der Waals surface area (Å²) in [7, 11) is 1.50. The molecule has 0 unspecified atom stereocenters. The van der Waals surface area contributed by atoms with E-state index >= 15 is 0 Å². The molecule has 0 saturated carbocycles. The fraction of sp³-hybridized carbons (Fsp3) is 0.474. The molecule has 0 spiro atoms. The third-order valence-electron chi connectivity index (χ3n) is 3.66. The highest BCUT2D eigenvalue weighted by molar-refractivity contribution is 9.10. The number of aromatic nitrogens is 2. The van der Waals surface area contributed by atoms with Gasteiger partial charge in [-0.15, -0.1) is 0 Å². The first-order valence-electron chi connectivity index (χ1n) is 8.96. The third-order valence-corrected chi connectivity index (χ3v) is 4.09. The summed E-state index contributed by atoms with van der Waals surface area (Å²) in [5.41, 5.74) is -1.32. The molecule has 1 amide bonds. The molecule has 158 valence electrons. The zero-order valence-corrected chi connectivity index (χ0v) is 18.6. The van der Waals surface area contributed by atoms with Crippen LogP contribution >= 0.6 is 15.9 Å². The molecule has 0 bridgehead atoms. The predicted molar refractivity (Wildman–Crippen MR) is 111 cm³/mol. The van der Waals surface area contributed by atoms with Crippen LogP contribution in [-0.2, 0) is 14.2 Å². The quantitative estimate of drug-likeness (QED) is 0.599. The van der Waals surface area contributed by atoms with Gasteiger partial charge in [-0.25, -0.2) is 24.3 Å². The number of rotatable bonds is 6. The molecule has 0 aromatic carbocycles. The normalized spacial score (nSPS) is 11.4. The van der Waals surface area contributed by atoms with Crippen LogP contribution in [0.2, 0.25) is 0 Å². The molecule has 0 radical (unpaired) electrons. The Bertz CT molecular complexity index is 967. The van der Waals surface area contributed by atoms with Crippen LogP contribution in [0, 0.1) is 0 Å². The minimum Gasteiger partial charge on any atom is -0.462 e. The predicted octanol–water partition coefficient (Wildman–Crippen LogP) is 2.86. The zero-order valence-electron chi connectivity index (χ0n) is 17.0. The minimum atomic E-state index is -0.788. The molecule has 2 rings (SSSR count). The Balaban J connectivity index is 2.74. The molecule has 0 aliphatic carbocycles. The average Bonchev–Trinajstić information content (AvgIpc) is 2.62. The van der Waals surface area contributed by atoms with Gasteiger partial charge in [0, 0.05) is 24.0 Å². The van der Waals surface area contributed by atoms with Crippen molar-refractivity contribution in [1.82, 2.24) is 9.66 Å². The molecule has 2 aromatic rings. The molecule has 2 heterocycles. The molecule has 0 atom stereocenters. The molecule has 0 N–H and O–H groups in total. The van der Waals surface area contributed by atoms with Crippen LogP contribution in [0.15, 0.2) is 27.7 Å². The Hall–Kier alpha value is -2.46. The summed E-state index contributed by atoms with van der Waals surface area (Å²) in [6.07, 6.45) is 2.05. The summed E-state index contributed by atoms with van der Waals surface area (Å²) < 4.78 is 17.5. The first-order valence-corrected chi connectivity index (χ1v) is 9.76. The van der Waals surface area contributed by atoms with E-state index in [1.807, 2.05) is 0 Å². The number of hydrogen-bond acceptors (Lipinski definition) is 7. The Labute approximate surface area is 176 Å². The van der Waals surface area contributed by atoms with E-state index in [0.717, 1.165) is 0 Å². The number of ether oxygens (including phenoxy) is 3. The first kappa shape index (κ1) is 22.8. The number of carbonyl (C=O) groups is 2. The Kier molecular flexibility index (Phi) is 7.37. The number of amides is 1. The van der Waals surface area contributed by atoms with Crippen molar-refractivity contribution in [3.63, 3.8) is 0 Å². The van der Waals surface area contributed by atoms with Crippen LogP contribution in [0.5, 0.6) is 0 Å². The number of carbonyl (C=O) groups excluding carboxylic acids is 2. The third kappa shape index (κ3) is 5.54. The molecule has 10 heteroatoms. The molecule has 0 aliphatic heterocycles. The molecule has 0 aliphatic rings. The van der Waals surface area contributed by atoms with Gasteiger partial charge in [-0.2, -0.15) is 0 Å². The number of fused-ring (bicyclic) bond motifs is 1. The summed E-state index contributed by atoms with van der Waals surface area (Å²) in [5.74, 6) is -0.788. The maximum Gasteiger partial charge on any atom is 0.429 e. The highest BCUT2D eigenvalue weighted by Crippen LogP contribution is 2.18. The number of hydrogen-bond donors (Lipinski definition) is 0. The first-order chi connectivity index (χ1) is 13.6. The van der Waals surface area contributed by atoms with E-state index in [2.05, 4.69) is 20.9 Å². The van der Waals surface area contributed by atoms with E-state index in [9.17, 15) is 14.4 Å². The monoisotopic (exact) mass is 469 g/mol. The second kappa shape index (κ2) is 9.36. The van der Waals surface area contributed by atoms with Crippen molar-refractivity contribution < 1.29 is 23.8 Å². The number of methoxy groups -OCH3 is 1. The van der Waals surface area contributed by atoms with Gasteiger partial charge in [0.15, 0.2) is 5.65 Å². The van der Waals surface area contributed by atoms with E-state index in [0.29, 0.717) is 4.47 Å². The van der Waals surface area contributed by atoms with E-state index < -0.39 is 23.1 Å². The van der Waals surface area contributed by atoms with Crippen molar-refractivity contribution in [1.29, 1.82) is 0 Å². The topological polar surface area (TPSA) is 100.0 Å². The van der Waals surface area contributed by atoms with Gasteiger partial charge in [0.2, 0.25) is 5.43 Å². The highest BCUT2D eigenvalue weighted by atomic mass is 79.9. The minimum absolute atomic E-state index is 0.101. The number of halogens is 1. The number of esters is 1. The van der Waals surface area contributed by atoms with Crippen molar-refractivity contribution in [3.8, 4) is 0 Å². The molecular weight excluding hydrogens is 446 g/mol. The zero-order chi connectivity index (χ0) is 21.8. The summed E-state index contributed by atoms with van der Waals surface area (Å²) in [5, 5.41) is 1.37. The van der Waals surface area contributed by atoms with Crippen LogP contribution in [0.25, 0.3) is 11.0 Å². The number of nitrogens with zero attached hydrogens (tertiary/aromatic N) is 3. The van der Waals surface area contributed by atoms with Crippen LogP contribution in [0.1, 0.15) is 38.1 Å². The van der Waals surface area contributed by atoms with Crippen molar-refractivity contribution in [2.75, 3.05) is 31.9 Å². The highest BCUT2D eigenvalue weighted by Gasteiger charge is 2.27. The second-order valence-corrected chi connectivity index (χ2v) is 7.97. The molecule has 0 fully saturated rings. The molecule has 29 heavy (non-hydrogen) atoms. The fourth-order valence-corrected chi connectivity index (χ4v) is 2.82.